The first-order chi connectivity index (χ1) is 8.92. The summed E-state index contributed by atoms with van der Waals surface area (Å²) in [6.07, 6.45) is 8.43. The van der Waals surface area contributed by atoms with Gasteiger partial charge >= 0.3 is 5.97 Å². The maximum absolute atomic E-state index is 11.5. The summed E-state index contributed by atoms with van der Waals surface area (Å²) in [4.78, 5) is 11.5. The summed E-state index contributed by atoms with van der Waals surface area (Å²) >= 11 is 0. The predicted molar refractivity (Wildman–Crippen MR) is 66.8 cm³/mol. The summed E-state index contributed by atoms with van der Waals surface area (Å²) < 4.78 is 36.1. The van der Waals surface area contributed by atoms with Crippen LogP contribution < -0.4 is 4.57 Å². The first-order valence-electron chi connectivity index (χ1n) is 5.47. The molecule has 0 saturated heterocycles. The van der Waals surface area contributed by atoms with Crippen molar-refractivity contribution in [2.75, 3.05) is 12.4 Å². The Morgan fingerprint density at radius 2 is 2.26 bits per heavy atom. The molecule has 1 aromatic rings. The van der Waals surface area contributed by atoms with E-state index in [4.69, 9.17) is 15.7 Å². The van der Waals surface area contributed by atoms with Crippen LogP contribution in [0.25, 0.3) is 0 Å². The Hall–Kier alpha value is -1.91. The molecule has 0 spiro atoms. The van der Waals surface area contributed by atoms with E-state index in [1.54, 1.807) is 22.9 Å². The van der Waals surface area contributed by atoms with E-state index in [2.05, 4.69) is 5.92 Å². The van der Waals surface area contributed by atoms with Crippen molar-refractivity contribution in [1.29, 1.82) is 0 Å². The molecule has 7 heteroatoms. The molecule has 0 aliphatic carbocycles. The SMILES string of the molecule is C#CCOC(=O)c1ccc[n+](CCCS(=O)(=O)O)c1. The van der Waals surface area contributed by atoms with Crippen molar-refractivity contribution in [3.05, 3.63) is 30.1 Å². The number of rotatable bonds is 6. The molecule has 0 radical (unpaired) electrons. The zero-order chi connectivity index (χ0) is 14.3. The zero-order valence-electron chi connectivity index (χ0n) is 10.2. The first kappa shape index (κ1) is 15.1. The number of aromatic nitrogens is 1. The van der Waals surface area contributed by atoms with Gasteiger partial charge in [0.15, 0.2) is 19.0 Å². The van der Waals surface area contributed by atoms with Crippen molar-refractivity contribution in [2.45, 2.75) is 13.0 Å². The van der Waals surface area contributed by atoms with Crippen LogP contribution in [0.3, 0.4) is 0 Å². The minimum absolute atomic E-state index is 0.101. The van der Waals surface area contributed by atoms with Crippen molar-refractivity contribution < 1.29 is 27.1 Å². The van der Waals surface area contributed by atoms with Crippen LogP contribution in [-0.2, 0) is 21.4 Å². The quantitative estimate of drug-likeness (QED) is 0.345. The molecule has 0 atom stereocenters. The van der Waals surface area contributed by atoms with Gasteiger partial charge in [0.1, 0.15) is 12.1 Å². The summed E-state index contributed by atoms with van der Waals surface area (Å²) in [6, 6.07) is 3.21. The number of pyridine rings is 1. The van der Waals surface area contributed by atoms with Crippen LogP contribution in [0.5, 0.6) is 0 Å². The number of hydrogen-bond donors (Lipinski definition) is 1. The van der Waals surface area contributed by atoms with E-state index in [0.717, 1.165) is 0 Å². The second-order valence-corrected chi connectivity index (χ2v) is 5.32. The fourth-order valence-electron chi connectivity index (χ4n) is 1.40. The molecule has 0 bridgehead atoms. The molecule has 1 aromatic heterocycles. The van der Waals surface area contributed by atoms with E-state index < -0.39 is 16.1 Å². The Balaban J connectivity index is 2.62. The van der Waals surface area contributed by atoms with Gasteiger partial charge in [-0.1, -0.05) is 5.92 Å². The van der Waals surface area contributed by atoms with Gasteiger partial charge in [-0.25, -0.2) is 9.36 Å². The van der Waals surface area contributed by atoms with Crippen LogP contribution in [-0.4, -0.2) is 31.3 Å². The molecule has 0 amide bonds. The van der Waals surface area contributed by atoms with Crippen LogP contribution >= 0.6 is 0 Å². The normalized spacial score (nSPS) is 10.7. The lowest BCUT2D eigenvalue weighted by atomic mass is 10.3. The highest BCUT2D eigenvalue weighted by Gasteiger charge is 2.12. The molecular formula is C12H14NO5S+. The molecule has 1 N–H and O–H groups in total. The molecular weight excluding hydrogens is 270 g/mol. The van der Waals surface area contributed by atoms with Crippen molar-refractivity contribution in [1.82, 2.24) is 0 Å². The van der Waals surface area contributed by atoms with E-state index in [0.29, 0.717) is 12.1 Å². The number of aryl methyl sites for hydroxylation is 1. The van der Waals surface area contributed by atoms with Gasteiger partial charge < -0.3 is 4.74 Å². The van der Waals surface area contributed by atoms with Gasteiger partial charge in [0.25, 0.3) is 10.1 Å². The Kier molecular flexibility index (Phi) is 5.48. The molecule has 102 valence electrons. The molecule has 0 fully saturated rings. The topological polar surface area (TPSA) is 84.5 Å². The summed E-state index contributed by atoms with van der Waals surface area (Å²) in [5, 5.41) is 0. The Morgan fingerprint density at radius 1 is 1.53 bits per heavy atom. The number of nitrogens with zero attached hydrogens (tertiary/aromatic N) is 1. The highest BCUT2D eigenvalue weighted by atomic mass is 32.2. The second-order valence-electron chi connectivity index (χ2n) is 3.75. The van der Waals surface area contributed by atoms with Gasteiger partial charge in [0.2, 0.25) is 0 Å². The summed E-state index contributed by atoms with van der Waals surface area (Å²) in [6.45, 7) is 0.256. The fourth-order valence-corrected chi connectivity index (χ4v) is 1.90. The molecule has 1 heterocycles. The minimum Gasteiger partial charge on any atom is -0.449 e. The monoisotopic (exact) mass is 284 g/mol. The third kappa shape index (κ3) is 5.99. The maximum atomic E-state index is 11.5. The van der Waals surface area contributed by atoms with Crippen LogP contribution in [0.15, 0.2) is 24.5 Å². The number of terminal acetylenes is 1. The van der Waals surface area contributed by atoms with Crippen LogP contribution in [0.2, 0.25) is 0 Å². The van der Waals surface area contributed by atoms with Gasteiger partial charge in [-0.3, -0.25) is 4.55 Å². The van der Waals surface area contributed by atoms with Gasteiger partial charge in [-0.15, -0.1) is 6.42 Å². The molecule has 0 saturated carbocycles. The Bertz CT molecular complexity index is 588. The number of carbonyl (C=O) groups excluding carboxylic acids is 1. The molecule has 1 rings (SSSR count). The Morgan fingerprint density at radius 3 is 2.89 bits per heavy atom. The van der Waals surface area contributed by atoms with Crippen LogP contribution in [0.4, 0.5) is 0 Å². The van der Waals surface area contributed by atoms with Gasteiger partial charge in [-0.05, 0) is 6.07 Å². The maximum Gasteiger partial charge on any atom is 0.345 e. The molecule has 6 nitrogen and oxygen atoms in total. The smallest absolute Gasteiger partial charge is 0.345 e. The second kappa shape index (κ2) is 6.87. The molecule has 0 unspecified atom stereocenters. The number of carbonyl (C=O) groups is 1. The summed E-state index contributed by atoms with van der Waals surface area (Å²) in [5.74, 6) is 1.32. The minimum atomic E-state index is -3.96. The van der Waals surface area contributed by atoms with E-state index in [1.165, 1.54) is 6.20 Å². The number of hydrogen-bond acceptors (Lipinski definition) is 4. The lowest BCUT2D eigenvalue weighted by molar-refractivity contribution is -0.697. The van der Waals surface area contributed by atoms with Gasteiger partial charge in [0.05, 0.1) is 5.75 Å². The van der Waals surface area contributed by atoms with Gasteiger partial charge in [-0.2, -0.15) is 8.42 Å². The lowest BCUT2D eigenvalue weighted by Gasteiger charge is -2.01. The third-order valence-corrected chi connectivity index (χ3v) is 3.00. The Labute approximate surface area is 111 Å². The molecule has 0 aliphatic rings. The lowest BCUT2D eigenvalue weighted by Crippen LogP contribution is -2.34. The highest BCUT2D eigenvalue weighted by molar-refractivity contribution is 7.85. The highest BCUT2D eigenvalue weighted by Crippen LogP contribution is 1.98. The van der Waals surface area contributed by atoms with E-state index >= 15 is 0 Å². The van der Waals surface area contributed by atoms with Crippen LogP contribution in [0.1, 0.15) is 16.8 Å². The standard InChI is InChI=1S/C12H13NO5S/c1-2-8-18-12(14)11-5-3-6-13(10-11)7-4-9-19(15,16)17/h1,3,5-6,10H,4,7-9H2/p+1. The summed E-state index contributed by atoms with van der Waals surface area (Å²) in [7, 11) is -3.96. The van der Waals surface area contributed by atoms with Crippen molar-refractivity contribution >= 4 is 16.1 Å². The van der Waals surface area contributed by atoms with Crippen molar-refractivity contribution in [2.24, 2.45) is 0 Å². The number of ether oxygens (including phenoxy) is 1. The molecule has 0 aliphatic heterocycles. The molecule has 19 heavy (non-hydrogen) atoms. The average Bonchev–Trinajstić information content (AvgIpc) is 2.35. The first-order valence-corrected chi connectivity index (χ1v) is 7.08. The van der Waals surface area contributed by atoms with Gasteiger partial charge in [0, 0.05) is 12.5 Å². The molecule has 0 aromatic carbocycles. The van der Waals surface area contributed by atoms with E-state index in [-0.39, 0.29) is 18.8 Å². The zero-order valence-corrected chi connectivity index (χ0v) is 11.0. The predicted octanol–water partition coefficient (Wildman–Crippen LogP) is 0.0420. The summed E-state index contributed by atoms with van der Waals surface area (Å²) in [5.41, 5.74) is 0.324. The third-order valence-electron chi connectivity index (χ3n) is 2.20. The average molecular weight is 284 g/mol. The van der Waals surface area contributed by atoms with Crippen molar-refractivity contribution in [3.63, 3.8) is 0 Å². The largest absolute Gasteiger partial charge is 0.449 e. The van der Waals surface area contributed by atoms with E-state index in [1.807, 2.05) is 0 Å². The van der Waals surface area contributed by atoms with Crippen molar-refractivity contribution in [3.8, 4) is 12.3 Å². The van der Waals surface area contributed by atoms with E-state index in [9.17, 15) is 13.2 Å². The number of esters is 1. The van der Waals surface area contributed by atoms with Crippen LogP contribution in [0, 0.1) is 12.3 Å². The fraction of sp³-hybridized carbons (Fsp3) is 0.333.